The third-order valence-corrected chi connectivity index (χ3v) is 2.48. The molecule has 17 heavy (non-hydrogen) atoms. The minimum Gasteiger partial charge on any atom is -0.497 e. The van der Waals surface area contributed by atoms with E-state index < -0.39 is 10.1 Å². The van der Waals surface area contributed by atoms with Gasteiger partial charge < -0.3 is 9.84 Å². The molecule has 0 aromatic heterocycles. The highest BCUT2D eigenvalue weighted by Crippen LogP contribution is 2.36. The number of rotatable bonds is 2. The van der Waals surface area contributed by atoms with Crippen LogP contribution in [-0.4, -0.2) is 38.0 Å². The largest absolute Gasteiger partial charge is 0.497 e. The van der Waals surface area contributed by atoms with Crippen LogP contribution in [0.1, 0.15) is 17.0 Å². The highest BCUT2D eigenvalue weighted by Gasteiger charge is 2.25. The molecule has 1 aromatic rings. The van der Waals surface area contributed by atoms with E-state index in [4.69, 9.17) is 14.4 Å². The van der Waals surface area contributed by atoms with Gasteiger partial charge in [0.2, 0.25) is 0 Å². The number of fused-ring (bicyclic) bond motifs is 1. The highest BCUT2D eigenvalue weighted by molar-refractivity contribution is 7.85. The van der Waals surface area contributed by atoms with E-state index in [0.717, 1.165) is 12.2 Å². The second-order valence-electron chi connectivity index (χ2n) is 3.88. The molecular weight excluding hydrogens is 244 g/mol. The molecule has 2 N–H and O–H groups in total. The molecule has 0 saturated heterocycles. The van der Waals surface area contributed by atoms with Crippen LogP contribution in [-0.2, 0) is 16.5 Å². The van der Waals surface area contributed by atoms with Crippen LogP contribution >= 0.6 is 0 Å². The molecule has 1 aliphatic carbocycles. The second kappa shape index (κ2) is 5.48. The van der Waals surface area contributed by atoms with Gasteiger partial charge in [-0.1, -0.05) is 6.07 Å². The van der Waals surface area contributed by atoms with Crippen molar-refractivity contribution in [3.8, 4) is 5.75 Å². The Balaban J connectivity index is 0.000000249. The minimum atomic E-state index is -3.67. The molecule has 5 nitrogen and oxygen atoms in total. The second-order valence-corrected chi connectivity index (χ2v) is 5.35. The van der Waals surface area contributed by atoms with Gasteiger partial charge in [-0.15, -0.1) is 0 Å². The monoisotopic (exact) mass is 260 g/mol. The van der Waals surface area contributed by atoms with Gasteiger partial charge in [0.15, 0.2) is 0 Å². The Morgan fingerprint density at radius 2 is 2.06 bits per heavy atom. The first-order valence-corrected chi connectivity index (χ1v) is 6.90. The van der Waals surface area contributed by atoms with E-state index in [9.17, 15) is 8.42 Å². The lowest BCUT2D eigenvalue weighted by Gasteiger charge is -2.28. The topological polar surface area (TPSA) is 83.8 Å². The average molecular weight is 260 g/mol. The van der Waals surface area contributed by atoms with Gasteiger partial charge in [0.1, 0.15) is 5.75 Å². The van der Waals surface area contributed by atoms with Crippen molar-refractivity contribution < 1.29 is 22.8 Å². The fraction of sp³-hybridized carbons (Fsp3) is 0.455. The van der Waals surface area contributed by atoms with Gasteiger partial charge >= 0.3 is 0 Å². The van der Waals surface area contributed by atoms with Crippen LogP contribution in [0.3, 0.4) is 0 Å². The summed E-state index contributed by atoms with van der Waals surface area (Å²) in [6, 6.07) is 6.05. The summed E-state index contributed by atoms with van der Waals surface area (Å²) in [7, 11) is -2.01. The number of hydrogen-bond donors (Lipinski definition) is 2. The average Bonchev–Trinajstić information content (AvgIpc) is 2.18. The first-order valence-electron chi connectivity index (χ1n) is 5.05. The van der Waals surface area contributed by atoms with E-state index in [1.165, 1.54) is 11.1 Å². The van der Waals surface area contributed by atoms with Crippen molar-refractivity contribution in [2.24, 2.45) is 0 Å². The number of aliphatic hydroxyl groups excluding tert-OH is 1. The van der Waals surface area contributed by atoms with Crippen LogP contribution in [0.5, 0.6) is 5.75 Å². The van der Waals surface area contributed by atoms with Gasteiger partial charge in [0.05, 0.1) is 20.0 Å². The predicted octanol–water partition coefficient (Wildman–Crippen LogP) is 0.831. The van der Waals surface area contributed by atoms with Crippen LogP contribution in [0.25, 0.3) is 0 Å². The van der Waals surface area contributed by atoms with Crippen LogP contribution in [0.2, 0.25) is 0 Å². The number of methoxy groups -OCH3 is 1. The van der Waals surface area contributed by atoms with E-state index in [1.807, 2.05) is 12.1 Å². The maximum absolute atomic E-state index is 9.19. The first-order chi connectivity index (χ1) is 7.85. The fourth-order valence-corrected chi connectivity index (χ4v) is 1.67. The summed E-state index contributed by atoms with van der Waals surface area (Å²) in [6.45, 7) is 0.250. The Bertz CT molecular complexity index is 473. The summed E-state index contributed by atoms with van der Waals surface area (Å²) in [4.78, 5) is 0. The lowest BCUT2D eigenvalue weighted by molar-refractivity contribution is 0.252. The van der Waals surface area contributed by atoms with Crippen molar-refractivity contribution >= 4 is 10.1 Å². The molecular formula is C11H16O5S. The molecule has 0 spiro atoms. The Morgan fingerprint density at radius 3 is 2.53 bits per heavy atom. The zero-order chi connectivity index (χ0) is 13.1. The zero-order valence-electron chi connectivity index (χ0n) is 9.75. The Hall–Kier alpha value is -1.11. The van der Waals surface area contributed by atoms with E-state index in [2.05, 4.69) is 6.07 Å². The molecule has 2 rings (SSSR count). The quantitative estimate of drug-likeness (QED) is 0.769. The third-order valence-electron chi connectivity index (χ3n) is 2.48. The molecule has 0 bridgehead atoms. The maximum atomic E-state index is 9.19. The Morgan fingerprint density at radius 1 is 1.47 bits per heavy atom. The third kappa shape index (κ3) is 4.33. The smallest absolute Gasteiger partial charge is 0.261 e. The van der Waals surface area contributed by atoms with Gasteiger partial charge in [-0.05, 0) is 29.7 Å². The molecule has 0 amide bonds. The van der Waals surface area contributed by atoms with E-state index in [0.29, 0.717) is 12.2 Å². The molecule has 0 saturated carbocycles. The molecule has 96 valence electrons. The minimum absolute atomic E-state index is 0.250. The van der Waals surface area contributed by atoms with E-state index >= 15 is 0 Å². The van der Waals surface area contributed by atoms with Gasteiger partial charge in [0.25, 0.3) is 10.1 Å². The van der Waals surface area contributed by atoms with E-state index in [1.54, 1.807) is 7.11 Å². The van der Waals surface area contributed by atoms with Gasteiger partial charge in [-0.2, -0.15) is 8.42 Å². The summed E-state index contributed by atoms with van der Waals surface area (Å²) in [5.74, 6) is 1.22. The Kier molecular flexibility index (Phi) is 4.50. The molecule has 0 radical (unpaired) electrons. The fourth-order valence-electron chi connectivity index (χ4n) is 1.67. The number of aliphatic hydroxyl groups is 1. The van der Waals surface area contributed by atoms with Crippen LogP contribution in [0, 0.1) is 0 Å². The molecule has 1 atom stereocenters. The normalized spacial score (nSPS) is 17.3. The summed E-state index contributed by atoms with van der Waals surface area (Å²) >= 11 is 0. The molecule has 6 heteroatoms. The summed E-state index contributed by atoms with van der Waals surface area (Å²) < 4.78 is 31.0. The zero-order valence-corrected chi connectivity index (χ0v) is 10.6. The molecule has 1 aromatic carbocycles. The number of ether oxygens (including phenoxy) is 1. The SMILES string of the molecule is COc1ccc2c(c1)C(CO)C2.CS(=O)(=O)O. The first kappa shape index (κ1) is 14.0. The summed E-state index contributed by atoms with van der Waals surface area (Å²) in [5.41, 5.74) is 2.59. The van der Waals surface area contributed by atoms with Crippen molar-refractivity contribution in [2.45, 2.75) is 12.3 Å². The van der Waals surface area contributed by atoms with Crippen molar-refractivity contribution in [2.75, 3.05) is 20.0 Å². The predicted molar refractivity (Wildman–Crippen MR) is 64.0 cm³/mol. The lowest BCUT2D eigenvalue weighted by atomic mass is 9.78. The molecule has 0 aliphatic heterocycles. The van der Waals surface area contributed by atoms with Crippen molar-refractivity contribution in [1.82, 2.24) is 0 Å². The molecule has 0 fully saturated rings. The summed E-state index contributed by atoms with van der Waals surface area (Å²) in [5, 5.41) is 8.96. The highest BCUT2D eigenvalue weighted by atomic mass is 32.2. The van der Waals surface area contributed by atoms with Crippen molar-refractivity contribution in [3.05, 3.63) is 29.3 Å². The number of hydrogen-bond acceptors (Lipinski definition) is 4. The lowest BCUT2D eigenvalue weighted by Crippen LogP contribution is -2.20. The molecule has 1 unspecified atom stereocenters. The van der Waals surface area contributed by atoms with Crippen LogP contribution in [0.15, 0.2) is 18.2 Å². The molecule has 0 heterocycles. The van der Waals surface area contributed by atoms with Crippen LogP contribution in [0.4, 0.5) is 0 Å². The van der Waals surface area contributed by atoms with Crippen LogP contribution < -0.4 is 4.74 Å². The van der Waals surface area contributed by atoms with Crippen molar-refractivity contribution in [3.63, 3.8) is 0 Å². The summed E-state index contributed by atoms with van der Waals surface area (Å²) in [6.07, 6.45) is 1.73. The number of benzene rings is 1. The van der Waals surface area contributed by atoms with Crippen molar-refractivity contribution in [1.29, 1.82) is 0 Å². The van der Waals surface area contributed by atoms with Gasteiger partial charge in [0, 0.05) is 5.92 Å². The van der Waals surface area contributed by atoms with E-state index in [-0.39, 0.29) is 6.61 Å². The van der Waals surface area contributed by atoms with Gasteiger partial charge in [-0.25, -0.2) is 0 Å². The molecule has 1 aliphatic rings. The Labute approximate surface area is 101 Å². The maximum Gasteiger partial charge on any atom is 0.261 e. The standard InChI is InChI=1S/C10H12O2.CH4O3S/c1-12-9-3-2-7-4-8(6-11)10(7)5-9;1-5(2,3)4/h2-3,5,8,11H,4,6H2,1H3;1H3,(H,2,3,4). The van der Waals surface area contributed by atoms with Gasteiger partial charge in [-0.3, -0.25) is 4.55 Å².